The number of unbranched alkanes of at least 4 members (excludes halogenated alkanes) is 1. The lowest BCUT2D eigenvalue weighted by Crippen LogP contribution is -2.02. The molecule has 0 amide bonds. The van der Waals surface area contributed by atoms with E-state index in [0.717, 1.165) is 18.8 Å². The van der Waals surface area contributed by atoms with Crippen LogP contribution in [-0.4, -0.2) is 16.5 Å². The van der Waals surface area contributed by atoms with Gasteiger partial charge in [-0.3, -0.25) is 4.98 Å². The van der Waals surface area contributed by atoms with Gasteiger partial charge in [0, 0.05) is 25.4 Å². The summed E-state index contributed by atoms with van der Waals surface area (Å²) in [5.41, 5.74) is 0. The minimum atomic E-state index is 0.577. The van der Waals surface area contributed by atoms with Gasteiger partial charge in [-0.1, -0.05) is 0 Å². The summed E-state index contributed by atoms with van der Waals surface area (Å²) in [6.45, 7) is 0.770. The summed E-state index contributed by atoms with van der Waals surface area (Å²) in [4.78, 5) is 7.91. The molecule has 4 heteroatoms. The zero-order valence-electron chi connectivity index (χ0n) is 6.70. The SMILES string of the molecule is N#CCCCNc1cnccn1. The number of hydrogen-bond donors (Lipinski definition) is 1. The first-order valence-electron chi connectivity index (χ1n) is 3.80. The Hall–Kier alpha value is -1.63. The maximum absolute atomic E-state index is 8.26. The Morgan fingerprint density at radius 1 is 1.50 bits per heavy atom. The quantitative estimate of drug-likeness (QED) is 0.675. The minimum Gasteiger partial charge on any atom is -0.369 e. The molecule has 0 atom stereocenters. The van der Waals surface area contributed by atoms with Crippen LogP contribution in [0.5, 0.6) is 0 Å². The second kappa shape index (κ2) is 5.08. The molecule has 1 N–H and O–H groups in total. The van der Waals surface area contributed by atoms with Gasteiger partial charge < -0.3 is 5.32 Å². The number of aromatic nitrogens is 2. The molecule has 0 unspecified atom stereocenters. The van der Waals surface area contributed by atoms with Gasteiger partial charge in [0.25, 0.3) is 0 Å². The van der Waals surface area contributed by atoms with E-state index < -0.39 is 0 Å². The molecule has 0 saturated carbocycles. The van der Waals surface area contributed by atoms with E-state index in [0.29, 0.717) is 6.42 Å². The summed E-state index contributed by atoms with van der Waals surface area (Å²) in [6.07, 6.45) is 6.33. The third kappa shape index (κ3) is 2.97. The molecule has 1 heterocycles. The van der Waals surface area contributed by atoms with Crippen LogP contribution < -0.4 is 5.32 Å². The van der Waals surface area contributed by atoms with Crippen LogP contribution in [0.3, 0.4) is 0 Å². The van der Waals surface area contributed by atoms with Gasteiger partial charge in [0.15, 0.2) is 0 Å². The molecule has 0 aliphatic heterocycles. The second-order valence-electron chi connectivity index (χ2n) is 2.28. The molecule has 0 aromatic carbocycles. The van der Waals surface area contributed by atoms with E-state index in [-0.39, 0.29) is 0 Å². The van der Waals surface area contributed by atoms with Crippen molar-refractivity contribution >= 4 is 5.82 Å². The molecule has 0 spiro atoms. The highest BCUT2D eigenvalue weighted by Crippen LogP contribution is 1.97. The third-order valence-electron chi connectivity index (χ3n) is 1.33. The Kier molecular flexibility index (Phi) is 3.58. The van der Waals surface area contributed by atoms with Crippen LogP contribution in [-0.2, 0) is 0 Å². The van der Waals surface area contributed by atoms with Gasteiger partial charge >= 0.3 is 0 Å². The van der Waals surface area contributed by atoms with Crippen molar-refractivity contribution in [3.8, 4) is 6.07 Å². The first-order chi connectivity index (χ1) is 5.93. The van der Waals surface area contributed by atoms with E-state index in [9.17, 15) is 0 Å². The van der Waals surface area contributed by atoms with E-state index in [4.69, 9.17) is 5.26 Å². The Labute approximate surface area is 71.3 Å². The topological polar surface area (TPSA) is 61.6 Å². The zero-order valence-corrected chi connectivity index (χ0v) is 6.70. The number of nitriles is 1. The summed E-state index contributed by atoms with van der Waals surface area (Å²) in [7, 11) is 0. The first kappa shape index (κ1) is 8.47. The zero-order chi connectivity index (χ0) is 8.65. The molecule has 0 aliphatic carbocycles. The maximum atomic E-state index is 8.26. The molecular formula is C8H10N4. The molecule has 12 heavy (non-hydrogen) atoms. The Morgan fingerprint density at radius 2 is 2.42 bits per heavy atom. The number of rotatable bonds is 4. The molecular weight excluding hydrogens is 152 g/mol. The lowest BCUT2D eigenvalue weighted by atomic mass is 10.3. The molecule has 1 rings (SSSR count). The predicted octanol–water partition coefficient (Wildman–Crippen LogP) is 1.19. The molecule has 0 bridgehead atoms. The molecule has 62 valence electrons. The van der Waals surface area contributed by atoms with Gasteiger partial charge in [0.2, 0.25) is 0 Å². The molecule has 0 radical (unpaired) electrons. The van der Waals surface area contributed by atoms with Crippen molar-refractivity contribution in [3.63, 3.8) is 0 Å². The van der Waals surface area contributed by atoms with E-state index in [2.05, 4.69) is 21.4 Å². The van der Waals surface area contributed by atoms with E-state index in [1.54, 1.807) is 18.6 Å². The fourth-order valence-corrected chi connectivity index (χ4v) is 0.774. The minimum absolute atomic E-state index is 0.577. The number of hydrogen-bond acceptors (Lipinski definition) is 4. The summed E-state index contributed by atoms with van der Waals surface area (Å²) in [5, 5.41) is 11.3. The Bertz CT molecular complexity index is 252. The van der Waals surface area contributed by atoms with Crippen molar-refractivity contribution in [1.82, 2.24) is 9.97 Å². The summed E-state index contributed by atoms with van der Waals surface area (Å²) >= 11 is 0. The van der Waals surface area contributed by atoms with Gasteiger partial charge in [0.1, 0.15) is 5.82 Å². The third-order valence-corrected chi connectivity index (χ3v) is 1.33. The summed E-state index contributed by atoms with van der Waals surface area (Å²) in [6, 6.07) is 2.08. The summed E-state index contributed by atoms with van der Waals surface area (Å²) < 4.78 is 0. The average Bonchev–Trinajstić information content (AvgIpc) is 2.14. The van der Waals surface area contributed by atoms with E-state index in [1.165, 1.54) is 0 Å². The standard InChI is InChI=1S/C8H10N4/c9-3-1-2-4-11-8-7-10-5-6-12-8/h5-7H,1-2,4H2,(H,11,12). The average molecular weight is 162 g/mol. The lowest BCUT2D eigenvalue weighted by Gasteiger charge is -2.00. The van der Waals surface area contributed by atoms with Gasteiger partial charge in [0.05, 0.1) is 12.3 Å². The fourth-order valence-electron chi connectivity index (χ4n) is 0.774. The molecule has 1 aromatic rings. The van der Waals surface area contributed by atoms with E-state index in [1.807, 2.05) is 0 Å². The van der Waals surface area contributed by atoms with Crippen LogP contribution >= 0.6 is 0 Å². The normalized spacial score (nSPS) is 8.92. The highest BCUT2D eigenvalue weighted by molar-refractivity contribution is 5.29. The van der Waals surface area contributed by atoms with Gasteiger partial charge in [-0.2, -0.15) is 5.26 Å². The molecule has 1 aromatic heterocycles. The van der Waals surface area contributed by atoms with Crippen molar-refractivity contribution < 1.29 is 0 Å². The van der Waals surface area contributed by atoms with Crippen LogP contribution in [0.25, 0.3) is 0 Å². The number of anilines is 1. The van der Waals surface area contributed by atoms with Crippen LogP contribution in [0.1, 0.15) is 12.8 Å². The fraction of sp³-hybridized carbons (Fsp3) is 0.375. The van der Waals surface area contributed by atoms with Crippen LogP contribution in [0.2, 0.25) is 0 Å². The molecule has 4 nitrogen and oxygen atoms in total. The Balaban J connectivity index is 2.21. The second-order valence-corrected chi connectivity index (χ2v) is 2.28. The van der Waals surface area contributed by atoms with Gasteiger partial charge in [-0.15, -0.1) is 0 Å². The van der Waals surface area contributed by atoms with Crippen LogP contribution in [0.4, 0.5) is 5.82 Å². The largest absolute Gasteiger partial charge is 0.369 e. The highest BCUT2D eigenvalue weighted by Gasteiger charge is 1.90. The number of nitrogens with zero attached hydrogens (tertiary/aromatic N) is 3. The van der Waals surface area contributed by atoms with Gasteiger partial charge in [-0.25, -0.2) is 4.98 Å². The van der Waals surface area contributed by atoms with Crippen molar-refractivity contribution in [2.45, 2.75) is 12.8 Å². The lowest BCUT2D eigenvalue weighted by molar-refractivity contribution is 0.890. The Morgan fingerprint density at radius 3 is 3.08 bits per heavy atom. The molecule has 0 fully saturated rings. The van der Waals surface area contributed by atoms with E-state index >= 15 is 0 Å². The predicted molar refractivity (Wildman–Crippen MR) is 45.4 cm³/mol. The highest BCUT2D eigenvalue weighted by atomic mass is 15.0. The van der Waals surface area contributed by atoms with Crippen molar-refractivity contribution in [3.05, 3.63) is 18.6 Å². The molecule has 0 saturated heterocycles. The van der Waals surface area contributed by atoms with Crippen LogP contribution in [0, 0.1) is 11.3 Å². The van der Waals surface area contributed by atoms with Crippen molar-refractivity contribution in [2.24, 2.45) is 0 Å². The van der Waals surface area contributed by atoms with Crippen LogP contribution in [0.15, 0.2) is 18.6 Å². The first-order valence-corrected chi connectivity index (χ1v) is 3.80. The smallest absolute Gasteiger partial charge is 0.144 e. The maximum Gasteiger partial charge on any atom is 0.144 e. The number of nitrogens with one attached hydrogen (secondary N) is 1. The summed E-state index contributed by atoms with van der Waals surface area (Å²) in [5.74, 6) is 0.760. The monoisotopic (exact) mass is 162 g/mol. The molecule has 0 aliphatic rings. The van der Waals surface area contributed by atoms with Crippen molar-refractivity contribution in [1.29, 1.82) is 5.26 Å². The van der Waals surface area contributed by atoms with Gasteiger partial charge in [-0.05, 0) is 6.42 Å². The van der Waals surface area contributed by atoms with Crippen molar-refractivity contribution in [2.75, 3.05) is 11.9 Å².